The number of amides is 1. The van der Waals surface area contributed by atoms with E-state index >= 15 is 0 Å². The average molecular weight is 415 g/mol. The lowest BCUT2D eigenvalue weighted by Gasteiger charge is -2.25. The summed E-state index contributed by atoms with van der Waals surface area (Å²) in [5.41, 5.74) is 1.76. The molecule has 0 spiro atoms. The third kappa shape index (κ3) is 4.60. The molecule has 1 amide bonds. The third-order valence-corrected chi connectivity index (χ3v) is 4.68. The first kappa shape index (κ1) is 20.5. The molecule has 0 aliphatic rings. The number of rotatable bonds is 6. The van der Waals surface area contributed by atoms with Crippen molar-refractivity contribution in [2.45, 2.75) is 33.4 Å². The van der Waals surface area contributed by atoms with Crippen LogP contribution in [0.2, 0.25) is 5.02 Å². The molecule has 0 aliphatic heterocycles. The lowest BCUT2D eigenvalue weighted by atomic mass is 10.1. The molecule has 2 aromatic carbocycles. The number of nitro benzene ring substituents is 1. The molecule has 0 saturated heterocycles. The Kier molecular flexibility index (Phi) is 5.93. The zero-order chi connectivity index (χ0) is 21.1. The topological polar surface area (TPSA) is 102 Å². The first-order chi connectivity index (χ1) is 13.8. The van der Waals surface area contributed by atoms with Gasteiger partial charge in [0.05, 0.1) is 4.92 Å². The van der Waals surface area contributed by atoms with Gasteiger partial charge in [0, 0.05) is 23.2 Å². The molecule has 3 rings (SSSR count). The number of carbonyl (C=O) groups is 1. The molecule has 0 saturated carbocycles. The Balaban J connectivity index is 1.84. The number of benzene rings is 2. The fourth-order valence-electron chi connectivity index (χ4n) is 2.73. The van der Waals surface area contributed by atoms with Crippen molar-refractivity contribution < 1.29 is 14.2 Å². The van der Waals surface area contributed by atoms with Crippen LogP contribution in [0.15, 0.2) is 47.0 Å². The fraction of sp³-hybridized carbons (Fsp3) is 0.250. The maximum Gasteiger partial charge on any atom is 0.288 e. The number of halogens is 1. The van der Waals surface area contributed by atoms with Crippen LogP contribution >= 0.6 is 11.6 Å². The maximum absolute atomic E-state index is 13.0. The van der Waals surface area contributed by atoms with E-state index in [9.17, 15) is 14.9 Å². The SMILES string of the molecule is Cc1ccc(-c2noc(CN(C(=O)c3ccc(Cl)c([N+](=O)[O-])c3)C(C)C)n2)cc1. The summed E-state index contributed by atoms with van der Waals surface area (Å²) in [7, 11) is 0. The first-order valence-electron chi connectivity index (χ1n) is 8.91. The minimum atomic E-state index is -0.620. The predicted molar refractivity (Wildman–Crippen MR) is 108 cm³/mol. The van der Waals surface area contributed by atoms with E-state index in [0.717, 1.165) is 11.1 Å². The maximum atomic E-state index is 13.0. The third-order valence-electron chi connectivity index (χ3n) is 4.36. The van der Waals surface area contributed by atoms with Crippen molar-refractivity contribution in [2.24, 2.45) is 0 Å². The van der Waals surface area contributed by atoms with Crippen LogP contribution in [0, 0.1) is 17.0 Å². The minimum absolute atomic E-state index is 0.0257. The van der Waals surface area contributed by atoms with Crippen LogP contribution in [0.3, 0.4) is 0 Å². The van der Waals surface area contributed by atoms with Gasteiger partial charge < -0.3 is 9.42 Å². The molecule has 150 valence electrons. The Bertz CT molecular complexity index is 1050. The molecule has 1 aromatic heterocycles. The van der Waals surface area contributed by atoms with Gasteiger partial charge in [-0.15, -0.1) is 0 Å². The largest absolute Gasteiger partial charge is 0.337 e. The van der Waals surface area contributed by atoms with Gasteiger partial charge in [-0.2, -0.15) is 4.98 Å². The van der Waals surface area contributed by atoms with Crippen molar-refractivity contribution in [3.63, 3.8) is 0 Å². The van der Waals surface area contributed by atoms with Gasteiger partial charge in [0.2, 0.25) is 11.7 Å². The summed E-state index contributed by atoms with van der Waals surface area (Å²) in [5, 5.41) is 15.1. The van der Waals surface area contributed by atoms with Crippen molar-refractivity contribution in [3.05, 3.63) is 74.6 Å². The molecular formula is C20H19ClN4O4. The lowest BCUT2D eigenvalue weighted by molar-refractivity contribution is -0.384. The van der Waals surface area contributed by atoms with Gasteiger partial charge in [-0.25, -0.2) is 0 Å². The molecule has 29 heavy (non-hydrogen) atoms. The lowest BCUT2D eigenvalue weighted by Crippen LogP contribution is -2.36. The molecule has 0 aliphatic carbocycles. The van der Waals surface area contributed by atoms with Crippen LogP contribution in [-0.2, 0) is 6.54 Å². The van der Waals surface area contributed by atoms with Crippen LogP contribution < -0.4 is 0 Å². The van der Waals surface area contributed by atoms with Crippen molar-refractivity contribution in [2.75, 3.05) is 0 Å². The van der Waals surface area contributed by atoms with Gasteiger partial charge in [-0.05, 0) is 32.9 Å². The minimum Gasteiger partial charge on any atom is -0.337 e. The van der Waals surface area contributed by atoms with Crippen LogP contribution in [0.1, 0.15) is 35.7 Å². The van der Waals surface area contributed by atoms with E-state index in [2.05, 4.69) is 10.1 Å². The summed E-state index contributed by atoms with van der Waals surface area (Å²) in [4.78, 5) is 29.3. The number of nitrogens with zero attached hydrogens (tertiary/aromatic N) is 4. The summed E-state index contributed by atoms with van der Waals surface area (Å²) >= 11 is 5.84. The highest BCUT2D eigenvalue weighted by Crippen LogP contribution is 2.26. The standard InChI is InChI=1S/C20H19ClN4O4/c1-12(2)24(20(26)15-8-9-16(21)17(10-15)25(27)28)11-18-22-19(23-29-18)14-6-4-13(3)5-7-14/h4-10,12H,11H2,1-3H3. The van der Waals surface area contributed by atoms with E-state index < -0.39 is 10.8 Å². The smallest absolute Gasteiger partial charge is 0.288 e. The molecule has 0 atom stereocenters. The van der Waals surface area contributed by atoms with Crippen molar-refractivity contribution in [1.29, 1.82) is 0 Å². The zero-order valence-corrected chi connectivity index (χ0v) is 16.9. The Labute approximate surface area is 172 Å². The highest BCUT2D eigenvalue weighted by atomic mass is 35.5. The molecule has 1 heterocycles. The molecule has 0 fully saturated rings. The molecular weight excluding hydrogens is 396 g/mol. The quantitative estimate of drug-likeness (QED) is 0.429. The Hall–Kier alpha value is -3.26. The zero-order valence-electron chi connectivity index (χ0n) is 16.1. The summed E-state index contributed by atoms with van der Waals surface area (Å²) in [5.74, 6) is 0.305. The molecule has 0 N–H and O–H groups in total. The molecule has 0 radical (unpaired) electrons. The first-order valence-corrected chi connectivity index (χ1v) is 9.28. The van der Waals surface area contributed by atoms with E-state index in [0.29, 0.717) is 5.82 Å². The predicted octanol–water partition coefficient (Wildman–Crippen LogP) is 4.66. The summed E-state index contributed by atoms with van der Waals surface area (Å²) in [6, 6.07) is 11.4. The monoisotopic (exact) mass is 414 g/mol. The van der Waals surface area contributed by atoms with Gasteiger partial charge >= 0.3 is 0 Å². The second-order valence-corrected chi connectivity index (χ2v) is 7.24. The number of aromatic nitrogens is 2. The molecule has 0 unspecified atom stereocenters. The second-order valence-electron chi connectivity index (χ2n) is 6.83. The van der Waals surface area contributed by atoms with Crippen LogP contribution in [0.5, 0.6) is 0 Å². The van der Waals surface area contributed by atoms with Gasteiger partial charge in [-0.3, -0.25) is 14.9 Å². The highest BCUT2D eigenvalue weighted by Gasteiger charge is 2.24. The van der Waals surface area contributed by atoms with E-state index in [-0.39, 0.29) is 34.8 Å². The Morgan fingerprint density at radius 1 is 1.24 bits per heavy atom. The number of hydrogen-bond donors (Lipinski definition) is 0. The van der Waals surface area contributed by atoms with Gasteiger partial charge in [0.25, 0.3) is 11.6 Å². The van der Waals surface area contributed by atoms with E-state index in [1.807, 2.05) is 45.0 Å². The Morgan fingerprint density at radius 3 is 2.55 bits per heavy atom. The molecule has 9 heteroatoms. The molecule has 8 nitrogen and oxygen atoms in total. The summed E-state index contributed by atoms with van der Waals surface area (Å²) < 4.78 is 5.31. The van der Waals surface area contributed by atoms with Crippen molar-refractivity contribution in [1.82, 2.24) is 15.0 Å². The number of nitro groups is 1. The van der Waals surface area contributed by atoms with E-state index in [1.165, 1.54) is 23.1 Å². The van der Waals surface area contributed by atoms with Gasteiger partial charge in [0.1, 0.15) is 11.6 Å². The number of aryl methyl sites for hydroxylation is 1. The fourth-order valence-corrected chi connectivity index (χ4v) is 2.91. The van der Waals surface area contributed by atoms with Crippen LogP contribution in [0.4, 0.5) is 5.69 Å². The van der Waals surface area contributed by atoms with Crippen molar-refractivity contribution >= 4 is 23.2 Å². The molecule has 0 bridgehead atoms. The molecule has 3 aromatic rings. The Morgan fingerprint density at radius 2 is 1.93 bits per heavy atom. The normalized spacial score (nSPS) is 10.9. The van der Waals surface area contributed by atoms with Crippen LogP contribution in [0.25, 0.3) is 11.4 Å². The van der Waals surface area contributed by atoms with E-state index in [4.69, 9.17) is 16.1 Å². The second kappa shape index (κ2) is 8.40. The van der Waals surface area contributed by atoms with Crippen molar-refractivity contribution in [3.8, 4) is 11.4 Å². The summed E-state index contributed by atoms with van der Waals surface area (Å²) in [6.45, 7) is 5.73. The van der Waals surface area contributed by atoms with Gasteiger partial charge in [-0.1, -0.05) is 46.6 Å². The average Bonchev–Trinajstić information content (AvgIpc) is 3.15. The summed E-state index contributed by atoms with van der Waals surface area (Å²) in [6.07, 6.45) is 0. The number of carbonyl (C=O) groups excluding carboxylic acids is 1. The van der Waals surface area contributed by atoms with Gasteiger partial charge in [0.15, 0.2) is 0 Å². The van der Waals surface area contributed by atoms with Crippen LogP contribution in [-0.4, -0.2) is 31.9 Å². The highest BCUT2D eigenvalue weighted by molar-refractivity contribution is 6.32. The van der Waals surface area contributed by atoms with E-state index in [1.54, 1.807) is 0 Å². The number of hydrogen-bond acceptors (Lipinski definition) is 6.